The van der Waals surface area contributed by atoms with E-state index in [9.17, 15) is 9.90 Å². The fraction of sp³-hybridized carbons (Fsp3) is 0. The van der Waals surface area contributed by atoms with Crippen molar-refractivity contribution in [3.8, 4) is 22.6 Å². The van der Waals surface area contributed by atoms with Gasteiger partial charge in [0.2, 0.25) is 0 Å². The van der Waals surface area contributed by atoms with Gasteiger partial charge in [0.15, 0.2) is 5.69 Å². The molecule has 1 heterocycles. The molecule has 4 N–H and O–H groups in total. The lowest BCUT2D eigenvalue weighted by Crippen LogP contribution is -2.13. The van der Waals surface area contributed by atoms with Crippen LogP contribution in [0.1, 0.15) is 10.5 Å². The summed E-state index contributed by atoms with van der Waals surface area (Å²) in [5.41, 5.74) is 9.78. The van der Waals surface area contributed by atoms with E-state index in [-0.39, 0.29) is 11.4 Å². The summed E-state index contributed by atoms with van der Waals surface area (Å²) in [4.78, 5) is 12.6. The van der Waals surface area contributed by atoms with Crippen molar-refractivity contribution in [2.24, 2.45) is 0 Å². The summed E-state index contributed by atoms with van der Waals surface area (Å²) >= 11 is 0. The highest BCUT2D eigenvalue weighted by molar-refractivity contribution is 6.04. The highest BCUT2D eigenvalue weighted by atomic mass is 16.3. The maximum absolute atomic E-state index is 12.6. The summed E-state index contributed by atoms with van der Waals surface area (Å²) in [6.45, 7) is 0. The van der Waals surface area contributed by atoms with Gasteiger partial charge in [-0.15, -0.1) is 5.10 Å². The molecule has 28 heavy (non-hydrogen) atoms. The number of hydrogen-bond donors (Lipinski definition) is 3. The molecule has 0 radical (unpaired) electrons. The Bertz CT molecular complexity index is 1120. The van der Waals surface area contributed by atoms with E-state index >= 15 is 0 Å². The van der Waals surface area contributed by atoms with Crippen LogP contribution in [-0.2, 0) is 0 Å². The first-order valence-corrected chi connectivity index (χ1v) is 8.58. The molecule has 0 aliphatic heterocycles. The molecule has 0 spiro atoms. The highest BCUT2D eigenvalue weighted by Gasteiger charge is 2.14. The van der Waals surface area contributed by atoms with Crippen LogP contribution in [0.5, 0.6) is 5.75 Å². The number of aromatic hydroxyl groups is 1. The van der Waals surface area contributed by atoms with Crippen LogP contribution >= 0.6 is 0 Å². The number of nitrogens with two attached hydrogens (primary N) is 1. The first-order chi connectivity index (χ1) is 13.6. The van der Waals surface area contributed by atoms with Crippen molar-refractivity contribution in [3.63, 3.8) is 0 Å². The number of hydrogen-bond acceptors (Lipinski definition) is 5. The quantitative estimate of drug-likeness (QED) is 0.476. The minimum absolute atomic E-state index is 0.149. The van der Waals surface area contributed by atoms with Crippen molar-refractivity contribution in [1.82, 2.24) is 15.0 Å². The Morgan fingerprint density at radius 2 is 1.71 bits per heavy atom. The smallest absolute Gasteiger partial charge is 0.277 e. The van der Waals surface area contributed by atoms with Crippen LogP contribution in [0.15, 0.2) is 79.0 Å². The van der Waals surface area contributed by atoms with Gasteiger partial charge < -0.3 is 16.2 Å². The average molecular weight is 371 g/mol. The van der Waals surface area contributed by atoms with E-state index in [1.165, 1.54) is 23.0 Å². The SMILES string of the molecule is Nc1ccc(-c2ccccc2)cc1NC(=O)c1cn(-c2ccc(O)cc2)nn1. The third-order valence-corrected chi connectivity index (χ3v) is 4.25. The summed E-state index contributed by atoms with van der Waals surface area (Å²) in [5, 5.41) is 20.0. The van der Waals surface area contributed by atoms with Crippen molar-refractivity contribution in [2.75, 3.05) is 11.1 Å². The number of nitrogens with zero attached hydrogens (tertiary/aromatic N) is 3. The Morgan fingerprint density at radius 3 is 2.46 bits per heavy atom. The van der Waals surface area contributed by atoms with Crippen molar-refractivity contribution >= 4 is 17.3 Å². The second-order valence-corrected chi connectivity index (χ2v) is 6.19. The summed E-state index contributed by atoms with van der Waals surface area (Å²) < 4.78 is 1.46. The number of aromatic nitrogens is 3. The maximum atomic E-state index is 12.6. The zero-order valence-corrected chi connectivity index (χ0v) is 14.8. The number of phenolic OH excluding ortho intramolecular Hbond substituents is 1. The zero-order chi connectivity index (χ0) is 19.5. The van der Waals surface area contributed by atoms with Crippen LogP contribution in [0.25, 0.3) is 16.8 Å². The van der Waals surface area contributed by atoms with E-state index in [0.29, 0.717) is 17.1 Å². The lowest BCUT2D eigenvalue weighted by atomic mass is 10.0. The number of phenols is 1. The van der Waals surface area contributed by atoms with Gasteiger partial charge in [0.05, 0.1) is 23.3 Å². The number of rotatable bonds is 4. The predicted octanol–water partition coefficient (Wildman–Crippen LogP) is 3.47. The van der Waals surface area contributed by atoms with E-state index in [0.717, 1.165) is 11.1 Å². The van der Waals surface area contributed by atoms with Crippen molar-refractivity contribution in [3.05, 3.63) is 84.7 Å². The lowest BCUT2D eigenvalue weighted by molar-refractivity contribution is 0.102. The first-order valence-electron chi connectivity index (χ1n) is 8.58. The zero-order valence-electron chi connectivity index (χ0n) is 14.8. The number of benzene rings is 3. The number of anilines is 2. The van der Waals surface area contributed by atoms with Gasteiger partial charge in [-0.25, -0.2) is 4.68 Å². The summed E-state index contributed by atoms with van der Waals surface area (Å²) in [5.74, 6) is -0.266. The minimum atomic E-state index is -0.415. The van der Waals surface area contributed by atoms with Crippen LogP contribution in [-0.4, -0.2) is 26.0 Å². The molecule has 4 rings (SSSR count). The number of amides is 1. The molecule has 138 valence electrons. The highest BCUT2D eigenvalue weighted by Crippen LogP contribution is 2.27. The second kappa shape index (κ2) is 7.24. The normalized spacial score (nSPS) is 10.6. The van der Waals surface area contributed by atoms with Crippen LogP contribution in [0.4, 0.5) is 11.4 Å². The Labute approximate surface area is 161 Å². The van der Waals surface area contributed by atoms with Crippen molar-refractivity contribution in [1.29, 1.82) is 0 Å². The van der Waals surface area contributed by atoms with Gasteiger partial charge in [-0.2, -0.15) is 0 Å². The molecule has 0 bridgehead atoms. The summed E-state index contributed by atoms with van der Waals surface area (Å²) in [6.07, 6.45) is 1.51. The van der Waals surface area contributed by atoms with Crippen LogP contribution in [0.2, 0.25) is 0 Å². The van der Waals surface area contributed by atoms with Gasteiger partial charge in [0, 0.05) is 0 Å². The Kier molecular flexibility index (Phi) is 4.47. The van der Waals surface area contributed by atoms with Crippen LogP contribution in [0.3, 0.4) is 0 Å². The number of carbonyl (C=O) groups excluding carboxylic acids is 1. The van der Waals surface area contributed by atoms with E-state index < -0.39 is 5.91 Å². The predicted molar refractivity (Wildman–Crippen MR) is 107 cm³/mol. The molecular formula is C21H17N5O2. The number of nitrogens with one attached hydrogen (secondary N) is 1. The minimum Gasteiger partial charge on any atom is -0.508 e. The molecule has 0 unspecified atom stereocenters. The van der Waals surface area contributed by atoms with Gasteiger partial charge in [-0.05, 0) is 47.5 Å². The molecule has 0 fully saturated rings. The molecule has 0 aliphatic rings. The molecule has 3 aromatic carbocycles. The monoisotopic (exact) mass is 371 g/mol. The van der Waals surface area contributed by atoms with E-state index in [1.54, 1.807) is 18.2 Å². The molecule has 7 nitrogen and oxygen atoms in total. The fourth-order valence-corrected chi connectivity index (χ4v) is 2.76. The fourth-order valence-electron chi connectivity index (χ4n) is 2.76. The summed E-state index contributed by atoms with van der Waals surface area (Å²) in [7, 11) is 0. The van der Waals surface area contributed by atoms with Crippen LogP contribution < -0.4 is 11.1 Å². The standard InChI is InChI=1S/C21H17N5O2/c22-18-11-6-15(14-4-2-1-3-5-14)12-19(18)23-21(28)20-13-26(25-24-20)16-7-9-17(27)10-8-16/h1-13,27H,22H2,(H,23,28). The molecule has 0 aliphatic carbocycles. The number of nitrogen functional groups attached to an aromatic ring is 1. The first kappa shape index (κ1) is 17.3. The van der Waals surface area contributed by atoms with Gasteiger partial charge >= 0.3 is 0 Å². The van der Waals surface area contributed by atoms with Gasteiger partial charge in [0.25, 0.3) is 5.91 Å². The third kappa shape index (κ3) is 3.54. The third-order valence-electron chi connectivity index (χ3n) is 4.25. The average Bonchev–Trinajstić information content (AvgIpc) is 3.21. The van der Waals surface area contributed by atoms with Crippen molar-refractivity contribution < 1.29 is 9.90 Å². The van der Waals surface area contributed by atoms with Gasteiger partial charge in [-0.3, -0.25) is 4.79 Å². The van der Waals surface area contributed by atoms with Crippen molar-refractivity contribution in [2.45, 2.75) is 0 Å². The van der Waals surface area contributed by atoms with E-state index in [1.807, 2.05) is 42.5 Å². The van der Waals surface area contributed by atoms with Crippen LogP contribution in [0, 0.1) is 0 Å². The molecule has 1 aromatic heterocycles. The van der Waals surface area contributed by atoms with E-state index in [4.69, 9.17) is 5.73 Å². The second-order valence-electron chi connectivity index (χ2n) is 6.19. The molecule has 4 aromatic rings. The molecule has 1 amide bonds. The largest absolute Gasteiger partial charge is 0.508 e. The Morgan fingerprint density at radius 1 is 0.964 bits per heavy atom. The molecular weight excluding hydrogens is 354 g/mol. The maximum Gasteiger partial charge on any atom is 0.277 e. The molecule has 0 atom stereocenters. The Balaban J connectivity index is 1.56. The molecule has 0 saturated heterocycles. The van der Waals surface area contributed by atoms with Gasteiger partial charge in [-0.1, -0.05) is 41.6 Å². The molecule has 7 heteroatoms. The Hall–Kier alpha value is -4.13. The molecule has 0 saturated carbocycles. The summed E-state index contributed by atoms with van der Waals surface area (Å²) in [6, 6.07) is 21.7. The topological polar surface area (TPSA) is 106 Å². The lowest BCUT2D eigenvalue weighted by Gasteiger charge is -2.09. The number of carbonyl (C=O) groups is 1. The van der Waals surface area contributed by atoms with E-state index in [2.05, 4.69) is 15.6 Å². The van der Waals surface area contributed by atoms with Gasteiger partial charge in [0.1, 0.15) is 5.75 Å².